The van der Waals surface area contributed by atoms with Crippen LogP contribution in [0.15, 0.2) is 53.3 Å². The first kappa shape index (κ1) is 14.9. The number of furan rings is 1. The van der Waals surface area contributed by atoms with Gasteiger partial charge >= 0.3 is 5.97 Å². The molecule has 118 valence electrons. The summed E-state index contributed by atoms with van der Waals surface area (Å²) >= 11 is 0. The van der Waals surface area contributed by atoms with Crippen molar-refractivity contribution in [3.63, 3.8) is 0 Å². The van der Waals surface area contributed by atoms with Crippen LogP contribution >= 0.6 is 0 Å². The minimum atomic E-state index is -0.795. The van der Waals surface area contributed by atoms with Gasteiger partial charge < -0.3 is 19.5 Å². The number of fused-ring (bicyclic) bond motifs is 1. The Hall–Kier alpha value is -3.02. The summed E-state index contributed by atoms with van der Waals surface area (Å²) in [6.07, 6.45) is 3.56. The lowest BCUT2D eigenvalue weighted by Crippen LogP contribution is -2.42. The maximum absolute atomic E-state index is 12.1. The van der Waals surface area contributed by atoms with Crippen molar-refractivity contribution < 1.29 is 18.7 Å². The lowest BCUT2D eigenvalue weighted by Gasteiger charge is -2.15. The van der Waals surface area contributed by atoms with Crippen molar-refractivity contribution in [3.8, 4) is 0 Å². The van der Waals surface area contributed by atoms with Crippen LogP contribution in [-0.4, -0.2) is 30.0 Å². The number of aromatic amines is 1. The van der Waals surface area contributed by atoms with E-state index in [0.717, 1.165) is 16.5 Å². The molecule has 0 aliphatic carbocycles. The fourth-order valence-corrected chi connectivity index (χ4v) is 2.49. The monoisotopic (exact) mass is 312 g/mol. The summed E-state index contributed by atoms with van der Waals surface area (Å²) in [7, 11) is 1.30. The smallest absolute Gasteiger partial charge is 0.328 e. The van der Waals surface area contributed by atoms with Crippen LogP contribution < -0.4 is 5.32 Å². The summed E-state index contributed by atoms with van der Waals surface area (Å²) in [4.78, 5) is 27.3. The molecule has 0 bridgehead atoms. The molecule has 23 heavy (non-hydrogen) atoms. The van der Waals surface area contributed by atoms with E-state index in [9.17, 15) is 9.59 Å². The molecular formula is C17H16N2O4. The van der Waals surface area contributed by atoms with Gasteiger partial charge in [-0.15, -0.1) is 0 Å². The minimum absolute atomic E-state index is 0.151. The van der Waals surface area contributed by atoms with Crippen molar-refractivity contribution >= 4 is 22.8 Å². The molecule has 6 heteroatoms. The zero-order valence-corrected chi connectivity index (χ0v) is 12.5. The molecule has 0 aliphatic heterocycles. The van der Waals surface area contributed by atoms with Crippen molar-refractivity contribution in [1.29, 1.82) is 0 Å². The van der Waals surface area contributed by atoms with Crippen LogP contribution in [0.2, 0.25) is 0 Å². The van der Waals surface area contributed by atoms with E-state index in [1.54, 1.807) is 6.07 Å². The molecule has 1 unspecified atom stereocenters. The third kappa shape index (κ3) is 3.11. The SMILES string of the molecule is COC(=O)C(Cc1c[nH]c2ccccc12)NC(=O)c1ccco1. The van der Waals surface area contributed by atoms with Crippen molar-refractivity contribution in [2.75, 3.05) is 7.11 Å². The average Bonchev–Trinajstić information content (AvgIpc) is 3.23. The topological polar surface area (TPSA) is 84.3 Å². The number of H-pyrrole nitrogens is 1. The Morgan fingerprint density at radius 1 is 1.26 bits per heavy atom. The molecule has 1 amide bonds. The zero-order valence-electron chi connectivity index (χ0n) is 12.5. The molecule has 0 spiro atoms. The number of hydrogen-bond donors (Lipinski definition) is 2. The number of ether oxygens (including phenoxy) is 1. The van der Waals surface area contributed by atoms with Crippen LogP contribution in [0.5, 0.6) is 0 Å². The highest BCUT2D eigenvalue weighted by atomic mass is 16.5. The molecule has 1 aromatic carbocycles. The first-order valence-electron chi connectivity index (χ1n) is 7.16. The fraction of sp³-hybridized carbons (Fsp3) is 0.176. The fourth-order valence-electron chi connectivity index (χ4n) is 2.49. The maximum Gasteiger partial charge on any atom is 0.328 e. The quantitative estimate of drug-likeness (QED) is 0.708. The predicted molar refractivity (Wildman–Crippen MR) is 84.0 cm³/mol. The third-order valence-electron chi connectivity index (χ3n) is 3.63. The van der Waals surface area contributed by atoms with Gasteiger partial charge in [0, 0.05) is 23.5 Å². The molecule has 0 fully saturated rings. The van der Waals surface area contributed by atoms with E-state index in [2.05, 4.69) is 10.3 Å². The first-order valence-corrected chi connectivity index (χ1v) is 7.16. The van der Waals surface area contributed by atoms with Gasteiger partial charge in [-0.2, -0.15) is 0 Å². The molecule has 0 saturated heterocycles. The van der Waals surface area contributed by atoms with E-state index < -0.39 is 17.9 Å². The molecule has 2 aromatic heterocycles. The minimum Gasteiger partial charge on any atom is -0.467 e. The van der Waals surface area contributed by atoms with E-state index >= 15 is 0 Å². The van der Waals surface area contributed by atoms with Crippen LogP contribution in [0.25, 0.3) is 10.9 Å². The van der Waals surface area contributed by atoms with E-state index in [4.69, 9.17) is 9.15 Å². The largest absolute Gasteiger partial charge is 0.467 e. The normalized spacial score (nSPS) is 12.0. The summed E-state index contributed by atoms with van der Waals surface area (Å²) in [6.45, 7) is 0. The molecule has 3 aromatic rings. The molecule has 1 atom stereocenters. The molecule has 6 nitrogen and oxygen atoms in total. The Morgan fingerprint density at radius 3 is 2.83 bits per heavy atom. The number of esters is 1. The zero-order chi connectivity index (χ0) is 16.2. The molecule has 3 rings (SSSR count). The highest BCUT2D eigenvalue weighted by Gasteiger charge is 2.24. The van der Waals surface area contributed by atoms with Gasteiger partial charge in [0.1, 0.15) is 6.04 Å². The van der Waals surface area contributed by atoms with Gasteiger partial charge in [0.2, 0.25) is 0 Å². The number of rotatable bonds is 5. The van der Waals surface area contributed by atoms with Crippen LogP contribution in [0.3, 0.4) is 0 Å². The van der Waals surface area contributed by atoms with E-state index in [-0.39, 0.29) is 5.76 Å². The van der Waals surface area contributed by atoms with Gasteiger partial charge in [-0.1, -0.05) is 18.2 Å². The third-order valence-corrected chi connectivity index (χ3v) is 3.63. The van der Waals surface area contributed by atoms with Gasteiger partial charge in [-0.3, -0.25) is 4.79 Å². The highest BCUT2D eigenvalue weighted by Crippen LogP contribution is 2.19. The van der Waals surface area contributed by atoms with Gasteiger partial charge in [-0.05, 0) is 23.8 Å². The van der Waals surface area contributed by atoms with Gasteiger partial charge in [0.15, 0.2) is 5.76 Å². The Bertz CT molecular complexity index is 820. The number of carbonyl (C=O) groups is 2. The second-order valence-electron chi connectivity index (χ2n) is 5.09. The Balaban J connectivity index is 1.82. The van der Waals surface area contributed by atoms with Crippen LogP contribution in [0.1, 0.15) is 16.1 Å². The molecular weight excluding hydrogens is 296 g/mol. The van der Waals surface area contributed by atoms with Crippen LogP contribution in [0, 0.1) is 0 Å². The Kier molecular flexibility index (Phi) is 4.14. The second-order valence-corrected chi connectivity index (χ2v) is 5.09. The van der Waals surface area contributed by atoms with Crippen molar-refractivity contribution in [3.05, 3.63) is 60.2 Å². The number of nitrogens with one attached hydrogen (secondary N) is 2. The van der Waals surface area contributed by atoms with Gasteiger partial charge in [0.25, 0.3) is 5.91 Å². The second kappa shape index (κ2) is 6.39. The predicted octanol–water partition coefficient (Wildman–Crippen LogP) is 2.28. The van der Waals surface area contributed by atoms with Gasteiger partial charge in [-0.25, -0.2) is 4.79 Å². The van der Waals surface area contributed by atoms with Crippen LogP contribution in [-0.2, 0) is 16.0 Å². The molecule has 0 aliphatic rings. The first-order chi connectivity index (χ1) is 11.2. The van der Waals surface area contributed by atoms with E-state index in [0.29, 0.717) is 6.42 Å². The lowest BCUT2D eigenvalue weighted by molar-refractivity contribution is -0.142. The standard InChI is InChI=1S/C17H16N2O4/c1-22-17(21)14(19-16(20)15-7-4-8-23-15)9-11-10-18-13-6-3-2-5-12(11)13/h2-8,10,14,18H,9H2,1H3,(H,19,20). The maximum atomic E-state index is 12.1. The highest BCUT2D eigenvalue weighted by molar-refractivity contribution is 5.95. The van der Waals surface area contributed by atoms with E-state index in [1.807, 2.05) is 30.5 Å². The van der Waals surface area contributed by atoms with Crippen molar-refractivity contribution in [2.45, 2.75) is 12.5 Å². The summed E-state index contributed by atoms with van der Waals surface area (Å²) in [5, 5.41) is 3.66. The number of hydrogen-bond acceptors (Lipinski definition) is 4. The molecule has 2 N–H and O–H groups in total. The number of para-hydroxylation sites is 1. The summed E-state index contributed by atoms with van der Waals surface area (Å²) in [5.41, 5.74) is 1.90. The number of methoxy groups -OCH3 is 1. The van der Waals surface area contributed by atoms with Crippen molar-refractivity contribution in [2.24, 2.45) is 0 Å². The Morgan fingerprint density at radius 2 is 2.09 bits per heavy atom. The molecule has 2 heterocycles. The lowest BCUT2D eigenvalue weighted by atomic mass is 10.0. The molecule has 0 radical (unpaired) electrons. The number of aromatic nitrogens is 1. The number of benzene rings is 1. The van der Waals surface area contributed by atoms with Crippen LogP contribution in [0.4, 0.5) is 0 Å². The summed E-state index contributed by atoms with van der Waals surface area (Å²) in [6, 6.07) is 10.1. The average molecular weight is 312 g/mol. The van der Waals surface area contributed by atoms with Crippen molar-refractivity contribution in [1.82, 2.24) is 10.3 Å². The summed E-state index contributed by atoms with van der Waals surface area (Å²) < 4.78 is 9.84. The van der Waals surface area contributed by atoms with Gasteiger partial charge in [0.05, 0.1) is 13.4 Å². The molecule has 0 saturated carbocycles. The number of amides is 1. The summed E-state index contributed by atoms with van der Waals surface area (Å²) in [5.74, 6) is -0.807. The van der Waals surface area contributed by atoms with E-state index in [1.165, 1.54) is 19.4 Å². The number of carbonyl (C=O) groups excluding carboxylic acids is 2. The Labute approximate surface area is 132 Å².